The molecule has 1 atom stereocenters. The van der Waals surface area contributed by atoms with Gasteiger partial charge in [0.05, 0.1) is 26.4 Å². The molecule has 1 aliphatic heterocycles. The third-order valence-corrected chi connectivity index (χ3v) is 4.90. The van der Waals surface area contributed by atoms with Crippen molar-refractivity contribution in [3.8, 4) is 11.5 Å². The molecule has 0 aromatic heterocycles. The van der Waals surface area contributed by atoms with Crippen molar-refractivity contribution in [3.05, 3.63) is 58.1 Å². The van der Waals surface area contributed by atoms with Crippen molar-refractivity contribution in [2.75, 3.05) is 26.8 Å². The number of hydrogen-bond acceptors (Lipinski definition) is 4. The van der Waals surface area contributed by atoms with Crippen LogP contribution in [0.15, 0.2) is 46.9 Å². The van der Waals surface area contributed by atoms with Crippen molar-refractivity contribution in [1.82, 2.24) is 4.90 Å². The van der Waals surface area contributed by atoms with E-state index in [1.165, 1.54) is 0 Å². The Morgan fingerprint density at radius 1 is 1.19 bits per heavy atom. The maximum absolute atomic E-state index is 13.0. The first-order valence-electron chi connectivity index (χ1n) is 8.99. The van der Waals surface area contributed by atoms with Crippen LogP contribution in [0.3, 0.4) is 0 Å². The molecule has 0 aliphatic carbocycles. The van der Waals surface area contributed by atoms with E-state index in [1.54, 1.807) is 25.3 Å². The smallest absolute Gasteiger partial charge is 0.254 e. The number of hydrogen-bond donors (Lipinski definition) is 0. The largest absolute Gasteiger partial charge is 0.493 e. The molecule has 2 aromatic carbocycles. The van der Waals surface area contributed by atoms with E-state index in [2.05, 4.69) is 15.9 Å². The van der Waals surface area contributed by atoms with Crippen LogP contribution in [-0.2, 0) is 4.74 Å². The highest BCUT2D eigenvalue weighted by Crippen LogP contribution is 2.30. The predicted molar refractivity (Wildman–Crippen MR) is 107 cm³/mol. The van der Waals surface area contributed by atoms with Crippen LogP contribution in [0.25, 0.3) is 0 Å². The fourth-order valence-corrected chi connectivity index (χ4v) is 3.31. The minimum absolute atomic E-state index is 0.0326. The van der Waals surface area contributed by atoms with Gasteiger partial charge in [-0.3, -0.25) is 4.79 Å². The number of rotatable bonds is 5. The number of amides is 1. The lowest BCUT2D eigenvalue weighted by molar-refractivity contribution is -0.0228. The molecule has 3 rings (SSSR count). The molecule has 0 saturated carbocycles. The number of morpholine rings is 1. The molecule has 1 heterocycles. The summed E-state index contributed by atoms with van der Waals surface area (Å²) in [7, 11) is 1.58. The van der Waals surface area contributed by atoms with Gasteiger partial charge in [0, 0.05) is 16.6 Å². The first-order chi connectivity index (χ1) is 13.0. The standard InChI is InChI=1S/C21H24BrNO4/c1-14(2)27-18-9-6-16(12-19(18)25-3)21(24)23-10-11-26-20(13-23)15-4-7-17(22)8-5-15/h4-9,12,14,20H,10-11,13H2,1-3H3/t20-/m0/s1. The summed E-state index contributed by atoms with van der Waals surface area (Å²) in [4.78, 5) is 14.8. The number of carbonyl (C=O) groups excluding carboxylic acids is 1. The second kappa shape index (κ2) is 8.76. The highest BCUT2D eigenvalue weighted by Gasteiger charge is 2.26. The first kappa shape index (κ1) is 19.7. The summed E-state index contributed by atoms with van der Waals surface area (Å²) < 4.78 is 18.0. The zero-order valence-electron chi connectivity index (χ0n) is 15.8. The average molecular weight is 434 g/mol. The number of benzene rings is 2. The molecule has 0 radical (unpaired) electrons. The molecule has 1 aliphatic rings. The van der Waals surface area contributed by atoms with Gasteiger partial charge in [-0.15, -0.1) is 0 Å². The lowest BCUT2D eigenvalue weighted by Gasteiger charge is -2.33. The van der Waals surface area contributed by atoms with Gasteiger partial charge in [-0.25, -0.2) is 0 Å². The third kappa shape index (κ3) is 4.82. The normalized spacial score (nSPS) is 17.1. The molecule has 1 saturated heterocycles. The van der Waals surface area contributed by atoms with E-state index in [0.717, 1.165) is 10.0 Å². The van der Waals surface area contributed by atoms with Gasteiger partial charge in [-0.1, -0.05) is 28.1 Å². The van der Waals surface area contributed by atoms with Gasteiger partial charge in [-0.2, -0.15) is 0 Å². The van der Waals surface area contributed by atoms with Crippen LogP contribution in [0.4, 0.5) is 0 Å². The van der Waals surface area contributed by atoms with Crippen LogP contribution in [-0.4, -0.2) is 43.7 Å². The molecule has 5 nitrogen and oxygen atoms in total. The number of ether oxygens (including phenoxy) is 3. The third-order valence-electron chi connectivity index (χ3n) is 4.37. The van der Waals surface area contributed by atoms with Gasteiger partial charge >= 0.3 is 0 Å². The topological polar surface area (TPSA) is 48.0 Å². The number of halogens is 1. The van der Waals surface area contributed by atoms with Crippen LogP contribution in [0, 0.1) is 0 Å². The van der Waals surface area contributed by atoms with Crippen LogP contribution in [0.1, 0.15) is 35.9 Å². The average Bonchev–Trinajstić information content (AvgIpc) is 2.68. The van der Waals surface area contributed by atoms with Crippen molar-refractivity contribution in [2.24, 2.45) is 0 Å². The molecule has 1 amide bonds. The molecule has 0 bridgehead atoms. The quantitative estimate of drug-likeness (QED) is 0.698. The molecule has 2 aromatic rings. The molecule has 27 heavy (non-hydrogen) atoms. The van der Waals surface area contributed by atoms with Crippen molar-refractivity contribution < 1.29 is 19.0 Å². The van der Waals surface area contributed by atoms with Crippen LogP contribution < -0.4 is 9.47 Å². The van der Waals surface area contributed by atoms with E-state index >= 15 is 0 Å². The lowest BCUT2D eigenvalue weighted by Crippen LogP contribution is -2.42. The first-order valence-corrected chi connectivity index (χ1v) is 9.78. The Labute approximate surface area is 168 Å². The molecule has 6 heteroatoms. The van der Waals surface area contributed by atoms with Gasteiger partial charge < -0.3 is 19.1 Å². The van der Waals surface area contributed by atoms with E-state index in [1.807, 2.05) is 43.0 Å². The van der Waals surface area contributed by atoms with Gasteiger partial charge in [0.1, 0.15) is 6.10 Å². The maximum atomic E-state index is 13.0. The summed E-state index contributed by atoms with van der Waals surface area (Å²) in [6.07, 6.45) is -0.0902. The Morgan fingerprint density at radius 2 is 1.93 bits per heavy atom. The summed E-state index contributed by atoms with van der Waals surface area (Å²) >= 11 is 3.44. The van der Waals surface area contributed by atoms with Gasteiger partial charge in [0.25, 0.3) is 5.91 Å². The Bertz CT molecular complexity index is 791. The van der Waals surface area contributed by atoms with Gasteiger partial charge in [-0.05, 0) is 49.7 Å². The lowest BCUT2D eigenvalue weighted by atomic mass is 10.1. The molecular weight excluding hydrogens is 410 g/mol. The Balaban J connectivity index is 1.75. The summed E-state index contributed by atoms with van der Waals surface area (Å²) in [6, 6.07) is 13.3. The van der Waals surface area contributed by atoms with Crippen LogP contribution in [0.2, 0.25) is 0 Å². The second-order valence-electron chi connectivity index (χ2n) is 6.69. The van der Waals surface area contributed by atoms with Crippen molar-refractivity contribution >= 4 is 21.8 Å². The molecule has 0 N–H and O–H groups in total. The van der Waals surface area contributed by atoms with E-state index in [9.17, 15) is 4.79 Å². The summed E-state index contributed by atoms with van der Waals surface area (Å²) in [5.74, 6) is 1.17. The zero-order valence-corrected chi connectivity index (χ0v) is 17.4. The van der Waals surface area contributed by atoms with Crippen molar-refractivity contribution in [3.63, 3.8) is 0 Å². The Hall–Kier alpha value is -2.05. The Kier molecular flexibility index (Phi) is 6.39. The minimum Gasteiger partial charge on any atom is -0.493 e. The summed E-state index contributed by atoms with van der Waals surface area (Å²) in [5.41, 5.74) is 1.65. The maximum Gasteiger partial charge on any atom is 0.254 e. The highest BCUT2D eigenvalue weighted by molar-refractivity contribution is 9.10. The molecular formula is C21H24BrNO4. The van der Waals surface area contributed by atoms with E-state index in [4.69, 9.17) is 14.2 Å². The van der Waals surface area contributed by atoms with E-state index in [0.29, 0.717) is 36.8 Å². The second-order valence-corrected chi connectivity index (χ2v) is 7.61. The number of carbonyl (C=O) groups is 1. The van der Waals surface area contributed by atoms with Crippen molar-refractivity contribution in [2.45, 2.75) is 26.1 Å². The van der Waals surface area contributed by atoms with Crippen molar-refractivity contribution in [1.29, 1.82) is 0 Å². The molecule has 0 unspecified atom stereocenters. The summed E-state index contributed by atoms with van der Waals surface area (Å²) in [6.45, 7) is 5.51. The SMILES string of the molecule is COc1cc(C(=O)N2CCO[C@H](c3ccc(Br)cc3)C2)ccc1OC(C)C. The molecule has 0 spiro atoms. The monoisotopic (exact) mass is 433 g/mol. The fourth-order valence-electron chi connectivity index (χ4n) is 3.05. The highest BCUT2D eigenvalue weighted by atomic mass is 79.9. The van der Waals surface area contributed by atoms with Gasteiger partial charge in [0.2, 0.25) is 0 Å². The van der Waals surface area contributed by atoms with Crippen LogP contribution >= 0.6 is 15.9 Å². The van der Waals surface area contributed by atoms with Crippen LogP contribution in [0.5, 0.6) is 11.5 Å². The summed E-state index contributed by atoms with van der Waals surface area (Å²) in [5, 5.41) is 0. The number of nitrogens with zero attached hydrogens (tertiary/aromatic N) is 1. The van der Waals surface area contributed by atoms with E-state index in [-0.39, 0.29) is 18.1 Å². The molecule has 1 fully saturated rings. The fraction of sp³-hybridized carbons (Fsp3) is 0.381. The Morgan fingerprint density at radius 3 is 2.59 bits per heavy atom. The van der Waals surface area contributed by atoms with E-state index < -0.39 is 0 Å². The molecule has 144 valence electrons. The minimum atomic E-state index is -0.124. The number of methoxy groups -OCH3 is 1. The zero-order chi connectivity index (χ0) is 19.4. The van der Waals surface area contributed by atoms with Gasteiger partial charge in [0.15, 0.2) is 11.5 Å². The predicted octanol–water partition coefficient (Wildman–Crippen LogP) is 4.46.